The predicted molar refractivity (Wildman–Crippen MR) is 118 cm³/mol. The summed E-state index contributed by atoms with van der Waals surface area (Å²) in [5.74, 6) is 0.734. The van der Waals surface area contributed by atoms with Gasteiger partial charge < -0.3 is 15.4 Å². The number of nitrogens with one attached hydrogen (secondary N) is 2. The largest absolute Gasteiger partial charge is 0.374 e. The highest BCUT2D eigenvalue weighted by atomic mass is 16.3. The lowest BCUT2D eigenvalue weighted by Gasteiger charge is -2.31. The van der Waals surface area contributed by atoms with Gasteiger partial charge in [0.2, 0.25) is 5.91 Å². The smallest absolute Gasteiger partial charge is 0.228 e. The van der Waals surface area contributed by atoms with Crippen LogP contribution in [-0.2, 0) is 4.79 Å². The molecule has 1 atom stereocenters. The van der Waals surface area contributed by atoms with Crippen LogP contribution >= 0.6 is 0 Å². The van der Waals surface area contributed by atoms with Gasteiger partial charge in [0.15, 0.2) is 0 Å². The molecule has 31 heavy (non-hydrogen) atoms. The zero-order chi connectivity index (χ0) is 21.4. The first-order chi connectivity index (χ1) is 15.1. The Bertz CT molecular complexity index is 1200. The van der Waals surface area contributed by atoms with Crippen molar-refractivity contribution < 1.29 is 9.90 Å². The topological polar surface area (TPSA) is 105 Å². The van der Waals surface area contributed by atoms with Gasteiger partial charge >= 0.3 is 0 Å². The average Bonchev–Trinajstić information content (AvgIpc) is 3.56. The number of aliphatic hydroxyl groups is 1. The van der Waals surface area contributed by atoms with Crippen molar-refractivity contribution in [2.45, 2.75) is 25.5 Å². The molecule has 1 aliphatic carbocycles. The highest BCUT2D eigenvalue weighted by Crippen LogP contribution is 2.34. The Labute approximate surface area is 180 Å². The zero-order valence-corrected chi connectivity index (χ0v) is 17.0. The van der Waals surface area contributed by atoms with Gasteiger partial charge in [0.05, 0.1) is 11.6 Å². The van der Waals surface area contributed by atoms with E-state index in [9.17, 15) is 9.90 Å². The summed E-state index contributed by atoms with van der Waals surface area (Å²) < 4.78 is 0. The average molecular weight is 413 g/mol. The second-order valence-corrected chi connectivity index (χ2v) is 8.14. The van der Waals surface area contributed by atoms with Gasteiger partial charge in [-0.25, -0.2) is 4.98 Å². The number of hydrogen-bond acceptors (Lipinski definition) is 5. The maximum absolute atomic E-state index is 12.2. The van der Waals surface area contributed by atoms with Crippen LogP contribution in [-0.4, -0.2) is 39.0 Å². The molecule has 3 N–H and O–H groups in total. The van der Waals surface area contributed by atoms with Crippen LogP contribution in [0.5, 0.6) is 0 Å². The first kappa shape index (κ1) is 19.5. The second-order valence-electron chi connectivity index (χ2n) is 8.14. The van der Waals surface area contributed by atoms with Crippen LogP contribution in [0.2, 0.25) is 0 Å². The van der Waals surface area contributed by atoms with Crippen molar-refractivity contribution in [2.24, 2.45) is 5.92 Å². The number of nitrogens with zero attached hydrogens (tertiary/aromatic N) is 3. The quantitative estimate of drug-likeness (QED) is 0.593. The van der Waals surface area contributed by atoms with Crippen LogP contribution in [0, 0.1) is 17.2 Å². The third kappa shape index (κ3) is 3.96. The number of amides is 1. The molecule has 1 aromatic carbocycles. The first-order valence-electron chi connectivity index (χ1n) is 10.5. The second kappa shape index (κ2) is 7.99. The number of fused-ring (bicyclic) bond motifs is 1. The van der Waals surface area contributed by atoms with E-state index in [4.69, 9.17) is 5.26 Å². The highest BCUT2D eigenvalue weighted by molar-refractivity contribution is 5.97. The standard InChI is InChI=1S/C24H23N5O2/c25-14-15-1-3-18(4-2-15)24(31)29-11-8-16(9-12-29)20-13-21(28-23(30)17-5-6-17)27-22-19(20)7-10-26-22/h1-4,7-8,10,13,17,24,31H,5-6,9,11-12H2,(H2,26,27,28,30). The lowest BCUT2D eigenvalue weighted by molar-refractivity contribution is -0.117. The van der Waals surface area contributed by atoms with Crippen LogP contribution in [0.3, 0.4) is 0 Å². The third-order valence-corrected chi connectivity index (χ3v) is 6.00. The monoisotopic (exact) mass is 413 g/mol. The number of nitriles is 1. The van der Waals surface area contributed by atoms with Gasteiger partial charge in [-0.05, 0) is 60.2 Å². The normalized spacial score (nSPS) is 17.7. The number of rotatable bonds is 5. The summed E-state index contributed by atoms with van der Waals surface area (Å²) >= 11 is 0. The Balaban J connectivity index is 1.37. The number of aromatic nitrogens is 2. The number of hydrogen-bond donors (Lipinski definition) is 3. The minimum atomic E-state index is -0.719. The molecule has 1 aliphatic heterocycles. The molecule has 7 nitrogen and oxygen atoms in total. The molecular weight excluding hydrogens is 390 g/mol. The van der Waals surface area contributed by atoms with E-state index in [0.717, 1.165) is 41.4 Å². The van der Waals surface area contributed by atoms with Crippen molar-refractivity contribution in [3.63, 3.8) is 0 Å². The van der Waals surface area contributed by atoms with Gasteiger partial charge in [-0.1, -0.05) is 18.2 Å². The van der Waals surface area contributed by atoms with Gasteiger partial charge in [-0.2, -0.15) is 5.26 Å². The van der Waals surface area contributed by atoms with Gasteiger partial charge in [-0.3, -0.25) is 9.69 Å². The number of benzene rings is 1. The molecule has 0 spiro atoms. The molecule has 0 saturated heterocycles. The number of H-pyrrole nitrogens is 1. The van der Waals surface area contributed by atoms with Gasteiger partial charge in [0, 0.05) is 30.6 Å². The molecule has 0 bridgehead atoms. The van der Waals surface area contributed by atoms with E-state index in [1.807, 2.05) is 23.2 Å². The van der Waals surface area contributed by atoms with E-state index in [0.29, 0.717) is 24.5 Å². The summed E-state index contributed by atoms with van der Waals surface area (Å²) in [6.45, 7) is 1.31. The molecule has 7 heteroatoms. The van der Waals surface area contributed by atoms with Crippen LogP contribution in [0.25, 0.3) is 16.6 Å². The summed E-state index contributed by atoms with van der Waals surface area (Å²) in [6, 6.07) is 13.1. The molecule has 1 unspecified atom stereocenters. The van der Waals surface area contributed by atoms with E-state index >= 15 is 0 Å². The minimum Gasteiger partial charge on any atom is -0.374 e. The molecule has 2 aromatic heterocycles. The van der Waals surface area contributed by atoms with Gasteiger partial charge in [-0.15, -0.1) is 0 Å². The van der Waals surface area contributed by atoms with E-state index in [-0.39, 0.29) is 11.8 Å². The summed E-state index contributed by atoms with van der Waals surface area (Å²) in [4.78, 5) is 21.9. The van der Waals surface area contributed by atoms with Crippen LogP contribution in [0.4, 0.5) is 5.82 Å². The van der Waals surface area contributed by atoms with E-state index in [1.165, 1.54) is 5.57 Å². The van der Waals surface area contributed by atoms with Crippen molar-refractivity contribution in [1.82, 2.24) is 14.9 Å². The Kier molecular flexibility index (Phi) is 5.02. The van der Waals surface area contributed by atoms with Crippen LogP contribution in [0.15, 0.2) is 48.7 Å². The maximum Gasteiger partial charge on any atom is 0.228 e. The Hall–Kier alpha value is -3.47. The van der Waals surface area contributed by atoms with E-state index in [2.05, 4.69) is 27.4 Å². The summed E-state index contributed by atoms with van der Waals surface area (Å²) in [6.07, 6.45) is 5.94. The molecule has 3 aromatic rings. The molecule has 3 heterocycles. The van der Waals surface area contributed by atoms with Gasteiger partial charge in [0.25, 0.3) is 0 Å². The number of pyridine rings is 1. The molecule has 0 radical (unpaired) electrons. The third-order valence-electron chi connectivity index (χ3n) is 6.00. The fourth-order valence-corrected chi connectivity index (χ4v) is 4.03. The van der Waals surface area contributed by atoms with Crippen molar-refractivity contribution >= 4 is 28.3 Å². The maximum atomic E-state index is 12.2. The molecule has 1 amide bonds. The molecular formula is C24H23N5O2. The molecule has 1 saturated carbocycles. The number of anilines is 1. The molecule has 1 fully saturated rings. The molecule has 5 rings (SSSR count). The lowest BCUT2D eigenvalue weighted by Crippen LogP contribution is -2.32. The summed E-state index contributed by atoms with van der Waals surface area (Å²) in [7, 11) is 0. The first-order valence-corrected chi connectivity index (χ1v) is 10.5. The van der Waals surface area contributed by atoms with Crippen molar-refractivity contribution in [1.29, 1.82) is 5.26 Å². The lowest BCUT2D eigenvalue weighted by atomic mass is 9.97. The Morgan fingerprint density at radius 2 is 2.10 bits per heavy atom. The van der Waals surface area contributed by atoms with Crippen molar-refractivity contribution in [3.8, 4) is 6.07 Å². The minimum absolute atomic E-state index is 0.0405. The number of carbonyl (C=O) groups excluding carboxylic acids is 1. The van der Waals surface area contributed by atoms with Gasteiger partial charge in [0.1, 0.15) is 17.7 Å². The van der Waals surface area contributed by atoms with E-state index in [1.54, 1.807) is 24.3 Å². The Morgan fingerprint density at radius 3 is 2.77 bits per heavy atom. The van der Waals surface area contributed by atoms with E-state index < -0.39 is 6.23 Å². The Morgan fingerprint density at radius 1 is 1.29 bits per heavy atom. The predicted octanol–water partition coefficient (Wildman–Crippen LogP) is 3.56. The molecule has 2 aliphatic rings. The van der Waals surface area contributed by atoms with Crippen LogP contribution < -0.4 is 5.32 Å². The zero-order valence-electron chi connectivity index (χ0n) is 17.0. The summed E-state index contributed by atoms with van der Waals surface area (Å²) in [5.41, 5.74) is 4.35. The summed E-state index contributed by atoms with van der Waals surface area (Å²) in [5, 5.41) is 23.7. The highest BCUT2D eigenvalue weighted by Gasteiger charge is 2.30. The SMILES string of the molecule is N#Cc1ccc(C(O)N2CC=C(c3cc(NC(=O)C4CC4)nc4[nH]ccc34)CC2)cc1. The number of aromatic amines is 1. The van der Waals surface area contributed by atoms with Crippen molar-refractivity contribution in [2.75, 3.05) is 18.4 Å². The van der Waals surface area contributed by atoms with Crippen LogP contribution in [0.1, 0.15) is 42.2 Å². The fourth-order valence-electron chi connectivity index (χ4n) is 4.03. The van der Waals surface area contributed by atoms with Crippen molar-refractivity contribution in [3.05, 3.63) is 65.4 Å². The number of carbonyl (C=O) groups is 1. The fraction of sp³-hybridized carbons (Fsp3) is 0.292. The number of aliphatic hydroxyl groups excluding tert-OH is 1. The molecule has 156 valence electrons.